The Morgan fingerprint density at radius 3 is 2.72 bits per heavy atom. The number of aromatic nitrogens is 4. The second-order valence-corrected chi connectivity index (χ2v) is 5.09. The Morgan fingerprint density at radius 1 is 1.48 bits per heavy atom. The van der Waals surface area contributed by atoms with Gasteiger partial charge >= 0.3 is 0 Å². The van der Waals surface area contributed by atoms with Crippen LogP contribution in [0.5, 0.6) is 0 Å². The third-order valence-electron chi connectivity index (χ3n) is 3.61. The number of halogens is 2. The van der Waals surface area contributed by atoms with Crippen LogP contribution in [-0.4, -0.2) is 50.0 Å². The summed E-state index contributed by atoms with van der Waals surface area (Å²) in [5.74, 6) is 0.0825. The summed E-state index contributed by atoms with van der Waals surface area (Å²) in [6, 6.07) is -0.893. The van der Waals surface area contributed by atoms with E-state index in [4.69, 9.17) is 5.73 Å². The highest BCUT2D eigenvalue weighted by Crippen LogP contribution is 2.22. The lowest BCUT2D eigenvalue weighted by Gasteiger charge is -2.22. The topological polar surface area (TPSA) is 101 Å². The van der Waals surface area contributed by atoms with E-state index in [1.807, 2.05) is 20.8 Å². The fourth-order valence-corrected chi connectivity index (χ4v) is 2.47. The highest BCUT2D eigenvalue weighted by Gasteiger charge is 2.33. The molecule has 25 heavy (non-hydrogen) atoms. The molecule has 0 radical (unpaired) electrons. The summed E-state index contributed by atoms with van der Waals surface area (Å²) in [5.41, 5.74) is 7.11. The molecule has 138 valence electrons. The van der Waals surface area contributed by atoms with Crippen LogP contribution in [0.1, 0.15) is 32.4 Å². The summed E-state index contributed by atoms with van der Waals surface area (Å²) in [5, 5.41) is 7.52. The summed E-state index contributed by atoms with van der Waals surface area (Å²) in [4.78, 5) is 20.0. The molecule has 0 bridgehead atoms. The number of nitrogens with two attached hydrogens (primary N) is 1. The number of H-pyrrole nitrogens is 1. The monoisotopic (exact) mass is 354 g/mol. The number of fused-ring (bicyclic) bond motifs is 1. The van der Waals surface area contributed by atoms with E-state index in [-0.39, 0.29) is 0 Å². The molecule has 3 heterocycles. The van der Waals surface area contributed by atoms with Gasteiger partial charge in [-0.25, -0.2) is 18.7 Å². The summed E-state index contributed by atoms with van der Waals surface area (Å²) in [6.45, 7) is 9.58. The Hall–Kier alpha value is -2.58. The number of rotatable bonds is 2. The Morgan fingerprint density at radius 2 is 2.16 bits per heavy atom. The predicted octanol–water partition coefficient (Wildman–Crippen LogP) is 2.70. The van der Waals surface area contributed by atoms with E-state index >= 15 is 0 Å². The van der Waals surface area contributed by atoms with Crippen molar-refractivity contribution in [1.82, 2.24) is 25.1 Å². The first-order valence-electron chi connectivity index (χ1n) is 8.08. The third kappa shape index (κ3) is 4.94. The maximum absolute atomic E-state index is 12.3. The molecule has 1 fully saturated rings. The van der Waals surface area contributed by atoms with E-state index in [0.717, 1.165) is 17.2 Å². The smallest absolute Gasteiger partial charge is 0.258 e. The number of hydrogen-bond acceptors (Lipinski definition) is 5. The number of amides is 1. The average molecular weight is 354 g/mol. The highest BCUT2D eigenvalue weighted by atomic mass is 19.3. The number of nitrogen functional groups attached to an aromatic ring is 1. The number of likely N-dealkylation sites (tertiary alicyclic amines) is 1. The summed E-state index contributed by atoms with van der Waals surface area (Å²) < 4.78 is 24.5. The Kier molecular flexibility index (Phi) is 7.90. The van der Waals surface area contributed by atoms with Crippen LogP contribution in [0.3, 0.4) is 0 Å². The van der Waals surface area contributed by atoms with Crippen molar-refractivity contribution in [3.63, 3.8) is 0 Å². The summed E-state index contributed by atoms with van der Waals surface area (Å²) in [6.07, 6.45) is 1.11. The largest absolute Gasteiger partial charge is 0.383 e. The minimum Gasteiger partial charge on any atom is -0.383 e. The quantitative estimate of drug-likeness (QED) is 0.808. The number of aromatic amines is 1. The number of alkyl halides is 2. The van der Waals surface area contributed by atoms with Crippen molar-refractivity contribution in [2.24, 2.45) is 0 Å². The van der Waals surface area contributed by atoms with Gasteiger partial charge < -0.3 is 10.6 Å². The van der Waals surface area contributed by atoms with Crippen molar-refractivity contribution in [3.8, 4) is 0 Å². The zero-order valence-corrected chi connectivity index (χ0v) is 14.7. The summed E-state index contributed by atoms with van der Waals surface area (Å²) >= 11 is 0. The molecule has 1 atom stereocenters. The van der Waals surface area contributed by atoms with E-state index in [2.05, 4.69) is 26.7 Å². The molecule has 0 aromatic carbocycles. The van der Waals surface area contributed by atoms with Gasteiger partial charge in [-0.1, -0.05) is 20.4 Å². The first kappa shape index (κ1) is 20.5. The van der Waals surface area contributed by atoms with Crippen molar-refractivity contribution in [2.45, 2.75) is 46.1 Å². The SMILES string of the molecule is C=CC(=O)N1CCCC1C(F)F.CC.Cc1[nH]nc2ncnc(N)c12. The lowest BCUT2D eigenvalue weighted by molar-refractivity contribution is -0.129. The van der Waals surface area contributed by atoms with Gasteiger partial charge in [-0.3, -0.25) is 9.89 Å². The first-order chi connectivity index (χ1) is 12.0. The predicted molar refractivity (Wildman–Crippen MR) is 93.1 cm³/mol. The molecule has 9 heteroatoms. The maximum atomic E-state index is 12.3. The standard InChI is InChI=1S/C8H11F2NO.C6H7N5.C2H6/c1-2-7(12)11-5-3-4-6(11)8(9)10;1-3-4-5(7)8-2-9-6(4)11-10-3;1-2/h2,6,8H,1,3-5H2;2H,1H3,(H3,7,8,9,10,11);1-2H3. The van der Waals surface area contributed by atoms with Crippen molar-refractivity contribution in [3.05, 3.63) is 24.7 Å². The second kappa shape index (κ2) is 9.65. The maximum Gasteiger partial charge on any atom is 0.258 e. The second-order valence-electron chi connectivity index (χ2n) is 5.09. The number of carbonyl (C=O) groups excluding carboxylic acids is 1. The van der Waals surface area contributed by atoms with E-state index in [1.165, 1.54) is 11.2 Å². The molecule has 2 aromatic rings. The molecule has 3 N–H and O–H groups in total. The van der Waals surface area contributed by atoms with Crippen molar-refractivity contribution in [1.29, 1.82) is 0 Å². The van der Waals surface area contributed by atoms with E-state index in [1.54, 1.807) is 0 Å². The molecule has 1 saturated heterocycles. The fourth-order valence-electron chi connectivity index (χ4n) is 2.47. The molecule has 2 aromatic heterocycles. The van der Waals surface area contributed by atoms with E-state index in [9.17, 15) is 13.6 Å². The molecule has 3 rings (SSSR count). The zero-order chi connectivity index (χ0) is 19.0. The van der Waals surface area contributed by atoms with Crippen LogP contribution in [0.15, 0.2) is 19.0 Å². The Balaban J connectivity index is 0.000000228. The normalized spacial score (nSPS) is 16.1. The van der Waals surface area contributed by atoms with Crippen molar-refractivity contribution < 1.29 is 13.6 Å². The van der Waals surface area contributed by atoms with Crippen LogP contribution in [0.4, 0.5) is 14.6 Å². The molecular formula is C16H24F2N6O. The van der Waals surface area contributed by atoms with Crippen molar-refractivity contribution >= 4 is 22.8 Å². The Labute approximate surface area is 145 Å². The highest BCUT2D eigenvalue weighted by molar-refractivity contribution is 5.87. The van der Waals surface area contributed by atoms with Gasteiger partial charge in [0, 0.05) is 12.2 Å². The van der Waals surface area contributed by atoms with Gasteiger partial charge in [0.2, 0.25) is 5.91 Å². The number of carbonyl (C=O) groups is 1. The van der Waals surface area contributed by atoms with Crippen LogP contribution in [0.2, 0.25) is 0 Å². The molecular weight excluding hydrogens is 330 g/mol. The summed E-state index contributed by atoms with van der Waals surface area (Å²) in [7, 11) is 0. The van der Waals surface area contributed by atoms with Crippen LogP contribution >= 0.6 is 0 Å². The van der Waals surface area contributed by atoms with Gasteiger partial charge in [-0.05, 0) is 25.8 Å². The third-order valence-corrected chi connectivity index (χ3v) is 3.61. The number of hydrogen-bond donors (Lipinski definition) is 2. The molecule has 0 aliphatic carbocycles. The number of nitrogens with zero attached hydrogens (tertiary/aromatic N) is 4. The molecule has 1 aliphatic heterocycles. The van der Waals surface area contributed by atoms with Crippen LogP contribution < -0.4 is 5.73 Å². The number of aryl methyl sites for hydroxylation is 1. The van der Waals surface area contributed by atoms with Crippen LogP contribution in [0, 0.1) is 6.92 Å². The molecule has 0 spiro atoms. The average Bonchev–Trinajstić information content (AvgIpc) is 3.25. The Bertz CT molecular complexity index is 703. The molecule has 1 unspecified atom stereocenters. The van der Waals surface area contributed by atoms with E-state index in [0.29, 0.717) is 30.9 Å². The van der Waals surface area contributed by atoms with E-state index < -0.39 is 18.4 Å². The minimum atomic E-state index is -2.43. The molecule has 1 aliphatic rings. The lowest BCUT2D eigenvalue weighted by Crippen LogP contribution is -2.38. The zero-order valence-electron chi connectivity index (χ0n) is 14.7. The van der Waals surface area contributed by atoms with Gasteiger partial charge in [0.25, 0.3) is 6.43 Å². The van der Waals surface area contributed by atoms with Crippen LogP contribution in [0.25, 0.3) is 11.0 Å². The first-order valence-corrected chi connectivity index (χ1v) is 8.08. The lowest BCUT2D eigenvalue weighted by atomic mass is 10.2. The minimum absolute atomic E-state index is 0.391. The number of anilines is 1. The van der Waals surface area contributed by atoms with Gasteiger partial charge in [0.1, 0.15) is 12.1 Å². The number of nitrogens with one attached hydrogen (secondary N) is 1. The van der Waals surface area contributed by atoms with Gasteiger partial charge in [0.05, 0.1) is 11.4 Å². The van der Waals surface area contributed by atoms with Crippen LogP contribution in [-0.2, 0) is 4.79 Å². The molecule has 1 amide bonds. The van der Waals surface area contributed by atoms with Gasteiger partial charge in [0.15, 0.2) is 5.65 Å². The molecule has 7 nitrogen and oxygen atoms in total. The van der Waals surface area contributed by atoms with Gasteiger partial charge in [-0.15, -0.1) is 0 Å². The van der Waals surface area contributed by atoms with Gasteiger partial charge in [-0.2, -0.15) is 5.10 Å². The fraction of sp³-hybridized carbons (Fsp3) is 0.500. The van der Waals surface area contributed by atoms with Crippen molar-refractivity contribution in [2.75, 3.05) is 12.3 Å². The molecule has 0 saturated carbocycles.